The Kier molecular flexibility index (Phi) is 6.54. The first kappa shape index (κ1) is 22.9. The van der Waals surface area contributed by atoms with Crippen LogP contribution >= 0.6 is 11.6 Å². The van der Waals surface area contributed by atoms with Crippen LogP contribution in [-0.2, 0) is 11.3 Å². The smallest absolute Gasteiger partial charge is 0.345 e. The molecule has 0 amide bonds. The molecule has 10 nitrogen and oxygen atoms in total. The predicted octanol–water partition coefficient (Wildman–Crippen LogP) is 3.39. The summed E-state index contributed by atoms with van der Waals surface area (Å²) in [5.41, 5.74) is 5.10. The number of rotatable bonds is 7. The van der Waals surface area contributed by atoms with E-state index in [4.69, 9.17) is 31.5 Å². The van der Waals surface area contributed by atoms with Gasteiger partial charge in [-0.25, -0.2) is 4.79 Å². The number of carbonyl (C=O) groups excluding carboxylic acids is 1. The van der Waals surface area contributed by atoms with E-state index < -0.39 is 22.1 Å². The normalized spacial score (nSPS) is 10.8. The Labute approximate surface area is 187 Å². The van der Waals surface area contributed by atoms with E-state index >= 15 is 0 Å². The molecule has 0 saturated heterocycles. The van der Waals surface area contributed by atoms with Crippen LogP contribution < -0.4 is 20.8 Å². The summed E-state index contributed by atoms with van der Waals surface area (Å²) in [6.45, 7) is 1.55. The van der Waals surface area contributed by atoms with E-state index in [2.05, 4.69) is 0 Å². The van der Waals surface area contributed by atoms with Crippen LogP contribution in [0.5, 0.6) is 11.5 Å². The number of anilines is 1. The summed E-state index contributed by atoms with van der Waals surface area (Å²) in [5.74, 6) is 0.0546. The van der Waals surface area contributed by atoms with Gasteiger partial charge in [-0.05, 0) is 25.1 Å². The fourth-order valence-electron chi connectivity index (χ4n) is 3.33. The van der Waals surface area contributed by atoms with Crippen LogP contribution in [-0.4, -0.2) is 36.3 Å². The molecular formula is C21H20ClN3O7. The van der Waals surface area contributed by atoms with Crippen molar-refractivity contribution in [1.29, 1.82) is 0 Å². The summed E-state index contributed by atoms with van der Waals surface area (Å²) < 4.78 is 16.8. The van der Waals surface area contributed by atoms with E-state index in [9.17, 15) is 19.7 Å². The number of hydrogen-bond acceptors (Lipinski definition) is 8. The van der Waals surface area contributed by atoms with E-state index in [-0.39, 0.29) is 40.3 Å². The topological polar surface area (TPSA) is 136 Å². The molecule has 1 heterocycles. The van der Waals surface area contributed by atoms with Crippen molar-refractivity contribution in [3.05, 3.63) is 66.9 Å². The molecule has 2 aromatic carbocycles. The van der Waals surface area contributed by atoms with Gasteiger partial charge < -0.3 is 24.5 Å². The molecule has 3 aromatic rings. The van der Waals surface area contributed by atoms with Gasteiger partial charge in [-0.2, -0.15) is 0 Å². The highest BCUT2D eigenvalue weighted by atomic mass is 35.5. The van der Waals surface area contributed by atoms with E-state index in [1.807, 2.05) is 0 Å². The molecule has 0 bridgehead atoms. The molecule has 0 fully saturated rings. The Morgan fingerprint density at radius 1 is 1.22 bits per heavy atom. The quantitative estimate of drug-likeness (QED) is 0.321. The van der Waals surface area contributed by atoms with Gasteiger partial charge in [0.2, 0.25) is 0 Å². The number of ether oxygens (including phenoxy) is 3. The number of nitro benzene ring substituents is 1. The second-order valence-electron chi connectivity index (χ2n) is 6.66. The lowest BCUT2D eigenvalue weighted by atomic mass is 10.1. The fraction of sp³-hybridized carbons (Fsp3) is 0.238. The van der Waals surface area contributed by atoms with Crippen LogP contribution in [0.1, 0.15) is 22.8 Å². The average Bonchev–Trinajstić information content (AvgIpc) is 2.76. The molecule has 0 atom stereocenters. The number of nitrogens with two attached hydrogens (primary N) is 1. The number of nitrogen functional groups attached to an aromatic ring is 1. The minimum absolute atomic E-state index is 0.0308. The molecule has 32 heavy (non-hydrogen) atoms. The van der Waals surface area contributed by atoms with Crippen LogP contribution in [0.25, 0.3) is 10.9 Å². The van der Waals surface area contributed by atoms with Crippen molar-refractivity contribution in [2.45, 2.75) is 13.5 Å². The highest BCUT2D eigenvalue weighted by molar-refractivity contribution is 6.33. The molecule has 0 aliphatic heterocycles. The van der Waals surface area contributed by atoms with Gasteiger partial charge in [0, 0.05) is 23.1 Å². The van der Waals surface area contributed by atoms with Crippen LogP contribution in [0.2, 0.25) is 5.02 Å². The molecule has 1 aromatic heterocycles. The summed E-state index contributed by atoms with van der Waals surface area (Å²) in [6, 6.07) is 7.40. The number of nitro groups is 1. The van der Waals surface area contributed by atoms with Crippen molar-refractivity contribution in [2.75, 3.05) is 26.6 Å². The maximum atomic E-state index is 13.3. The first-order valence-corrected chi connectivity index (χ1v) is 9.79. The molecule has 3 rings (SSSR count). The molecule has 0 unspecified atom stereocenters. The number of methoxy groups -OCH3 is 2. The van der Waals surface area contributed by atoms with Gasteiger partial charge in [-0.1, -0.05) is 11.6 Å². The summed E-state index contributed by atoms with van der Waals surface area (Å²) in [4.78, 5) is 36.6. The first-order chi connectivity index (χ1) is 15.2. The largest absolute Gasteiger partial charge is 0.497 e. The van der Waals surface area contributed by atoms with Gasteiger partial charge in [0.25, 0.3) is 11.2 Å². The number of esters is 1. The van der Waals surface area contributed by atoms with Crippen molar-refractivity contribution in [3.8, 4) is 11.5 Å². The minimum atomic E-state index is -0.901. The van der Waals surface area contributed by atoms with E-state index in [0.717, 1.165) is 6.07 Å². The average molecular weight is 462 g/mol. The number of benzene rings is 2. The lowest BCUT2D eigenvalue weighted by Gasteiger charge is -2.17. The molecule has 0 aliphatic rings. The fourth-order valence-corrected chi connectivity index (χ4v) is 3.57. The molecule has 0 saturated carbocycles. The number of aromatic nitrogens is 1. The maximum absolute atomic E-state index is 13.3. The summed E-state index contributed by atoms with van der Waals surface area (Å²) in [7, 11) is 2.96. The van der Waals surface area contributed by atoms with Crippen molar-refractivity contribution >= 4 is 39.8 Å². The van der Waals surface area contributed by atoms with Crippen molar-refractivity contribution < 1.29 is 23.9 Å². The van der Waals surface area contributed by atoms with Crippen molar-refractivity contribution in [1.82, 2.24) is 4.57 Å². The Hall–Kier alpha value is -3.79. The number of fused-ring (bicyclic) bond motifs is 1. The van der Waals surface area contributed by atoms with Gasteiger partial charge in [0.05, 0.1) is 43.5 Å². The number of hydrogen-bond donors (Lipinski definition) is 1. The summed E-state index contributed by atoms with van der Waals surface area (Å²) >= 11 is 6.06. The van der Waals surface area contributed by atoms with Gasteiger partial charge in [0.15, 0.2) is 0 Å². The zero-order chi connectivity index (χ0) is 23.6. The third kappa shape index (κ3) is 4.04. The number of pyridine rings is 1. The zero-order valence-electron chi connectivity index (χ0n) is 17.5. The van der Waals surface area contributed by atoms with Gasteiger partial charge in [-0.3, -0.25) is 14.9 Å². The monoisotopic (exact) mass is 461 g/mol. The van der Waals surface area contributed by atoms with E-state index in [1.54, 1.807) is 25.1 Å². The molecule has 0 spiro atoms. The third-order valence-electron chi connectivity index (χ3n) is 4.87. The molecule has 0 aliphatic carbocycles. The van der Waals surface area contributed by atoms with Crippen molar-refractivity contribution in [3.63, 3.8) is 0 Å². The highest BCUT2D eigenvalue weighted by Crippen LogP contribution is 2.34. The standard InChI is InChI=1S/C21H20ClN3O7/c1-4-32-21(27)18-19(23)13-8-14(22)16(25(28)29)9-15(13)24(20(18)26)10-11-5-6-12(30-2)7-17(11)31-3/h5-9H,4,10,23H2,1-3H3. The second-order valence-corrected chi connectivity index (χ2v) is 7.06. The van der Waals surface area contributed by atoms with Gasteiger partial charge >= 0.3 is 5.97 Å². The molecule has 2 N–H and O–H groups in total. The van der Waals surface area contributed by atoms with Crippen LogP contribution in [0.4, 0.5) is 11.4 Å². The Bertz CT molecular complexity index is 1290. The Balaban J connectivity index is 2.36. The predicted molar refractivity (Wildman–Crippen MR) is 119 cm³/mol. The summed E-state index contributed by atoms with van der Waals surface area (Å²) in [6.07, 6.45) is 0. The molecule has 11 heteroatoms. The lowest BCUT2D eigenvalue weighted by molar-refractivity contribution is -0.384. The van der Waals surface area contributed by atoms with E-state index in [1.165, 1.54) is 24.9 Å². The Morgan fingerprint density at radius 3 is 2.53 bits per heavy atom. The lowest BCUT2D eigenvalue weighted by Crippen LogP contribution is -2.30. The highest BCUT2D eigenvalue weighted by Gasteiger charge is 2.25. The zero-order valence-corrected chi connectivity index (χ0v) is 18.3. The van der Waals surface area contributed by atoms with Gasteiger partial charge in [0.1, 0.15) is 22.1 Å². The maximum Gasteiger partial charge on any atom is 0.345 e. The first-order valence-electron chi connectivity index (χ1n) is 9.41. The van der Waals surface area contributed by atoms with E-state index in [0.29, 0.717) is 17.1 Å². The minimum Gasteiger partial charge on any atom is -0.497 e. The Morgan fingerprint density at radius 2 is 1.94 bits per heavy atom. The number of halogens is 1. The van der Waals surface area contributed by atoms with Crippen LogP contribution in [0.3, 0.4) is 0 Å². The molecule has 0 radical (unpaired) electrons. The van der Waals surface area contributed by atoms with Crippen molar-refractivity contribution in [2.24, 2.45) is 0 Å². The second kappa shape index (κ2) is 9.15. The van der Waals surface area contributed by atoms with Crippen LogP contribution in [0, 0.1) is 10.1 Å². The third-order valence-corrected chi connectivity index (χ3v) is 5.18. The molecular weight excluding hydrogens is 442 g/mol. The van der Waals surface area contributed by atoms with Gasteiger partial charge in [-0.15, -0.1) is 0 Å². The molecule has 168 valence electrons. The van der Waals surface area contributed by atoms with Crippen LogP contribution in [0.15, 0.2) is 35.1 Å². The SMILES string of the molecule is CCOC(=O)c1c(N)c2cc(Cl)c([N+](=O)[O-])cc2n(Cc2ccc(OC)cc2OC)c1=O. The summed E-state index contributed by atoms with van der Waals surface area (Å²) in [5, 5.41) is 11.5. The number of nitrogens with zero attached hydrogens (tertiary/aromatic N) is 2. The number of carbonyl (C=O) groups is 1.